The predicted molar refractivity (Wildman–Crippen MR) is 76.3 cm³/mol. The fraction of sp³-hybridized carbons (Fsp3) is 0.250. The second kappa shape index (κ2) is 7.99. The predicted octanol–water partition coefficient (Wildman–Crippen LogP) is 2.90. The third-order valence-corrected chi connectivity index (χ3v) is 3.00. The lowest BCUT2D eigenvalue weighted by Gasteiger charge is -2.09. The van der Waals surface area contributed by atoms with Gasteiger partial charge in [0.25, 0.3) is 0 Å². The molecule has 0 amide bonds. The summed E-state index contributed by atoms with van der Waals surface area (Å²) in [5.41, 5.74) is 0.670. The molecule has 112 valence electrons. The average molecular weight is 292 g/mol. The third kappa shape index (κ3) is 5.60. The van der Waals surface area contributed by atoms with Crippen molar-refractivity contribution < 1.29 is 24.2 Å². The van der Waals surface area contributed by atoms with Crippen molar-refractivity contribution in [3.05, 3.63) is 60.5 Å². The molecular formula is C16H17FO4. The molecule has 0 spiro atoms. The van der Waals surface area contributed by atoms with Crippen molar-refractivity contribution in [3.63, 3.8) is 0 Å². The molecule has 21 heavy (non-hydrogen) atoms. The fourth-order valence-electron chi connectivity index (χ4n) is 1.82. The first-order valence-corrected chi connectivity index (χ1v) is 6.43. The van der Waals surface area contributed by atoms with Crippen molar-refractivity contribution in [2.24, 2.45) is 11.8 Å². The van der Waals surface area contributed by atoms with Crippen molar-refractivity contribution in [2.75, 3.05) is 0 Å². The van der Waals surface area contributed by atoms with Gasteiger partial charge in [0.05, 0.1) is 11.8 Å². The smallest absolute Gasteiger partial charge is 0.310 e. The molecule has 0 aliphatic heterocycles. The number of benzene rings is 1. The van der Waals surface area contributed by atoms with Crippen molar-refractivity contribution in [1.82, 2.24) is 0 Å². The monoisotopic (exact) mass is 292 g/mol. The molecule has 0 heterocycles. The number of rotatable bonds is 8. The molecule has 0 aliphatic carbocycles. The van der Waals surface area contributed by atoms with E-state index in [2.05, 4.69) is 6.58 Å². The fourth-order valence-corrected chi connectivity index (χ4v) is 1.82. The van der Waals surface area contributed by atoms with Gasteiger partial charge in [-0.3, -0.25) is 9.59 Å². The topological polar surface area (TPSA) is 74.6 Å². The van der Waals surface area contributed by atoms with Gasteiger partial charge in [-0.2, -0.15) is 0 Å². The van der Waals surface area contributed by atoms with Crippen molar-refractivity contribution in [1.29, 1.82) is 0 Å². The molecule has 0 aromatic heterocycles. The molecule has 2 N–H and O–H groups in total. The summed E-state index contributed by atoms with van der Waals surface area (Å²) in [7, 11) is 0. The van der Waals surface area contributed by atoms with E-state index in [1.807, 2.05) is 0 Å². The number of allylic oxidation sites excluding steroid dienone is 1. The summed E-state index contributed by atoms with van der Waals surface area (Å²) in [5, 5.41) is 18.2. The van der Waals surface area contributed by atoms with Gasteiger partial charge in [-0.05, 0) is 30.5 Å². The molecule has 5 heteroatoms. The average Bonchev–Trinajstić information content (AvgIpc) is 2.43. The van der Waals surface area contributed by atoms with Crippen LogP contribution in [0.2, 0.25) is 0 Å². The lowest BCUT2D eigenvalue weighted by molar-refractivity contribution is -0.141. The number of halogens is 1. The van der Waals surface area contributed by atoms with Gasteiger partial charge in [0.1, 0.15) is 5.82 Å². The quantitative estimate of drug-likeness (QED) is 0.722. The van der Waals surface area contributed by atoms with Crippen molar-refractivity contribution in [2.45, 2.75) is 12.8 Å². The first kappa shape index (κ1) is 16.6. The number of carboxylic acids is 2. The zero-order chi connectivity index (χ0) is 15.8. The second-order valence-electron chi connectivity index (χ2n) is 4.63. The lowest BCUT2D eigenvalue weighted by atomic mass is 9.96. The SMILES string of the molecule is C=CC[C@@H](C=C[C@H](Cc1ccc(F)cc1)C(=O)O)C(=O)O. The zero-order valence-electron chi connectivity index (χ0n) is 11.4. The zero-order valence-corrected chi connectivity index (χ0v) is 11.4. The molecule has 0 bridgehead atoms. The van der Waals surface area contributed by atoms with Gasteiger partial charge in [-0.1, -0.05) is 30.4 Å². The number of hydrogen-bond acceptors (Lipinski definition) is 2. The normalized spacial score (nSPS) is 13.8. The molecule has 1 aromatic rings. The molecule has 1 rings (SSSR count). The van der Waals surface area contributed by atoms with Crippen LogP contribution in [0.4, 0.5) is 4.39 Å². The summed E-state index contributed by atoms with van der Waals surface area (Å²) in [6.45, 7) is 3.47. The first-order chi connectivity index (χ1) is 9.93. The van der Waals surface area contributed by atoms with Gasteiger partial charge in [0.15, 0.2) is 0 Å². The molecule has 0 fully saturated rings. The van der Waals surface area contributed by atoms with Crippen molar-refractivity contribution in [3.8, 4) is 0 Å². The van der Waals surface area contributed by atoms with E-state index in [1.165, 1.54) is 42.5 Å². The Morgan fingerprint density at radius 1 is 1.10 bits per heavy atom. The van der Waals surface area contributed by atoms with Gasteiger partial charge in [0.2, 0.25) is 0 Å². The van der Waals surface area contributed by atoms with Crippen LogP contribution in [0.25, 0.3) is 0 Å². The Morgan fingerprint density at radius 2 is 1.62 bits per heavy atom. The minimum atomic E-state index is -1.06. The summed E-state index contributed by atoms with van der Waals surface area (Å²) in [5.74, 6) is -4.13. The van der Waals surface area contributed by atoms with Crippen LogP contribution >= 0.6 is 0 Å². The summed E-state index contributed by atoms with van der Waals surface area (Å²) >= 11 is 0. The standard InChI is InChI=1S/C16H17FO4/c1-2-3-12(15(18)19)6-7-13(16(20)21)10-11-4-8-14(17)9-5-11/h2,4-9,12-13H,1,3,10H2,(H,18,19)(H,20,21)/t12-,13+/m0/s1. The van der Waals surface area contributed by atoms with E-state index in [-0.39, 0.29) is 12.8 Å². The number of hydrogen-bond donors (Lipinski definition) is 2. The van der Waals surface area contributed by atoms with Crippen LogP contribution in [0.1, 0.15) is 12.0 Å². The van der Waals surface area contributed by atoms with Crippen LogP contribution in [-0.4, -0.2) is 22.2 Å². The van der Waals surface area contributed by atoms with Gasteiger partial charge >= 0.3 is 11.9 Å². The highest BCUT2D eigenvalue weighted by Crippen LogP contribution is 2.14. The van der Waals surface area contributed by atoms with E-state index in [1.54, 1.807) is 0 Å². The maximum absolute atomic E-state index is 12.8. The van der Waals surface area contributed by atoms with E-state index >= 15 is 0 Å². The highest BCUT2D eigenvalue weighted by molar-refractivity contribution is 5.74. The lowest BCUT2D eigenvalue weighted by Crippen LogP contribution is -2.16. The van der Waals surface area contributed by atoms with Crippen molar-refractivity contribution >= 4 is 11.9 Å². The molecule has 0 saturated carbocycles. The Bertz CT molecular complexity index is 534. The summed E-state index contributed by atoms with van der Waals surface area (Å²) in [6.07, 6.45) is 4.61. The van der Waals surface area contributed by atoms with Crippen LogP contribution in [0.5, 0.6) is 0 Å². The molecule has 0 unspecified atom stereocenters. The molecule has 4 nitrogen and oxygen atoms in total. The minimum Gasteiger partial charge on any atom is -0.481 e. The number of aliphatic carboxylic acids is 2. The Kier molecular flexibility index (Phi) is 6.33. The molecule has 2 atom stereocenters. The van der Waals surface area contributed by atoms with Gasteiger partial charge in [0, 0.05) is 0 Å². The van der Waals surface area contributed by atoms with Crippen LogP contribution in [0, 0.1) is 17.7 Å². The van der Waals surface area contributed by atoms with E-state index < -0.39 is 29.6 Å². The molecule has 0 aliphatic rings. The Balaban J connectivity index is 2.81. The Hall–Kier alpha value is -2.43. The first-order valence-electron chi connectivity index (χ1n) is 6.43. The maximum atomic E-state index is 12.8. The molecule has 1 aromatic carbocycles. The second-order valence-corrected chi connectivity index (χ2v) is 4.63. The Morgan fingerprint density at radius 3 is 2.10 bits per heavy atom. The maximum Gasteiger partial charge on any atom is 0.310 e. The molecule has 0 radical (unpaired) electrons. The van der Waals surface area contributed by atoms with Gasteiger partial charge < -0.3 is 10.2 Å². The van der Waals surface area contributed by atoms with Crippen LogP contribution < -0.4 is 0 Å². The summed E-state index contributed by atoms with van der Waals surface area (Å²) in [4.78, 5) is 22.2. The Labute approximate surface area is 122 Å². The highest BCUT2D eigenvalue weighted by atomic mass is 19.1. The van der Waals surface area contributed by atoms with Gasteiger partial charge in [-0.25, -0.2) is 4.39 Å². The number of carboxylic acid groups (broad SMARTS) is 2. The minimum absolute atomic E-state index is 0.173. The van der Waals surface area contributed by atoms with Gasteiger partial charge in [-0.15, -0.1) is 6.58 Å². The number of carbonyl (C=O) groups is 2. The third-order valence-electron chi connectivity index (χ3n) is 3.00. The van der Waals surface area contributed by atoms with Crippen LogP contribution in [-0.2, 0) is 16.0 Å². The largest absolute Gasteiger partial charge is 0.481 e. The van der Waals surface area contributed by atoms with E-state index in [9.17, 15) is 19.1 Å². The van der Waals surface area contributed by atoms with E-state index in [0.29, 0.717) is 5.56 Å². The summed E-state index contributed by atoms with van der Waals surface area (Å²) < 4.78 is 12.8. The van der Waals surface area contributed by atoms with E-state index in [0.717, 1.165) is 0 Å². The van der Waals surface area contributed by atoms with E-state index in [4.69, 9.17) is 5.11 Å². The highest BCUT2D eigenvalue weighted by Gasteiger charge is 2.17. The summed E-state index contributed by atoms with van der Waals surface area (Å²) in [6, 6.07) is 5.54. The molecular weight excluding hydrogens is 275 g/mol. The van der Waals surface area contributed by atoms with Crippen LogP contribution in [0.3, 0.4) is 0 Å². The molecule has 0 saturated heterocycles. The van der Waals surface area contributed by atoms with Crippen LogP contribution in [0.15, 0.2) is 49.1 Å².